The smallest absolute Gasteiger partial charge is 0.308 e. The van der Waals surface area contributed by atoms with Gasteiger partial charge in [-0.25, -0.2) is 8.42 Å². The zero-order valence-corrected chi connectivity index (χ0v) is 12.9. The Balaban J connectivity index is 2.13. The van der Waals surface area contributed by atoms with E-state index in [1.54, 1.807) is 0 Å². The van der Waals surface area contributed by atoms with E-state index in [1.807, 2.05) is 6.07 Å². The fourth-order valence-electron chi connectivity index (χ4n) is 1.95. The van der Waals surface area contributed by atoms with E-state index < -0.39 is 22.1 Å². The molecule has 1 aromatic heterocycles. The summed E-state index contributed by atoms with van der Waals surface area (Å²) in [6.45, 7) is 0.536. The van der Waals surface area contributed by atoms with Gasteiger partial charge in [0.05, 0.1) is 26.2 Å². The largest absolute Gasteiger partial charge is 0.469 e. The number of ether oxygens (including phenoxy) is 2. The van der Waals surface area contributed by atoms with Crippen LogP contribution in [0.15, 0.2) is 16.3 Å². The molecule has 0 N–H and O–H groups in total. The summed E-state index contributed by atoms with van der Waals surface area (Å²) in [5, 5.41) is 8.78. The van der Waals surface area contributed by atoms with Crippen molar-refractivity contribution in [1.29, 1.82) is 5.26 Å². The van der Waals surface area contributed by atoms with E-state index in [2.05, 4.69) is 4.74 Å². The number of hydrogen-bond donors (Lipinski definition) is 0. The number of carbonyl (C=O) groups excluding carboxylic acids is 1. The Morgan fingerprint density at radius 1 is 1.62 bits per heavy atom. The number of methoxy groups -OCH3 is 1. The molecule has 0 amide bonds. The minimum absolute atomic E-state index is 0.0103. The van der Waals surface area contributed by atoms with Gasteiger partial charge in [-0.15, -0.1) is 11.3 Å². The first-order valence-corrected chi connectivity index (χ1v) is 8.41. The van der Waals surface area contributed by atoms with Crippen molar-refractivity contribution in [2.45, 2.75) is 16.7 Å². The van der Waals surface area contributed by atoms with Gasteiger partial charge in [-0.2, -0.15) is 9.57 Å². The Kier molecular flexibility index (Phi) is 4.95. The van der Waals surface area contributed by atoms with Gasteiger partial charge in [0.15, 0.2) is 0 Å². The molecule has 1 aliphatic heterocycles. The number of rotatable bonds is 4. The quantitative estimate of drug-likeness (QED) is 0.749. The molecule has 21 heavy (non-hydrogen) atoms. The Morgan fingerprint density at radius 3 is 3.00 bits per heavy atom. The Labute approximate surface area is 126 Å². The van der Waals surface area contributed by atoms with E-state index in [4.69, 9.17) is 10.00 Å². The van der Waals surface area contributed by atoms with Crippen LogP contribution in [0.2, 0.25) is 0 Å². The zero-order valence-electron chi connectivity index (χ0n) is 11.3. The minimum atomic E-state index is -3.66. The Hall–Kier alpha value is -1.47. The van der Waals surface area contributed by atoms with E-state index >= 15 is 0 Å². The third-order valence-corrected chi connectivity index (χ3v) is 6.33. The monoisotopic (exact) mass is 330 g/mol. The number of morpholine rings is 1. The van der Waals surface area contributed by atoms with Crippen LogP contribution in [-0.2, 0) is 24.3 Å². The predicted octanol–water partition coefficient (Wildman–Crippen LogP) is 0.572. The standard InChI is InChI=1S/C12H14N2O5S2/c1-18-11(15)6-9-8-14(4-5-19-9)21(16,17)12-3-2-10(7-13)20-12/h2-3,9H,4-6,8H2,1H3. The molecule has 2 rings (SSSR count). The molecular formula is C12H14N2O5S2. The normalized spacial score (nSPS) is 19.9. The fourth-order valence-corrected chi connectivity index (χ4v) is 4.66. The molecule has 2 heterocycles. The zero-order chi connectivity index (χ0) is 15.5. The summed E-state index contributed by atoms with van der Waals surface area (Å²) in [6.07, 6.45) is -0.507. The van der Waals surface area contributed by atoms with Crippen LogP contribution in [0.3, 0.4) is 0 Å². The van der Waals surface area contributed by atoms with Crippen molar-refractivity contribution in [3.63, 3.8) is 0 Å². The topological polar surface area (TPSA) is 96.7 Å². The van der Waals surface area contributed by atoms with Gasteiger partial charge >= 0.3 is 5.97 Å². The van der Waals surface area contributed by atoms with Crippen molar-refractivity contribution in [2.24, 2.45) is 0 Å². The molecule has 0 radical (unpaired) electrons. The van der Waals surface area contributed by atoms with Gasteiger partial charge in [0.25, 0.3) is 10.0 Å². The van der Waals surface area contributed by atoms with Gasteiger partial charge in [0, 0.05) is 13.1 Å². The van der Waals surface area contributed by atoms with E-state index in [0.717, 1.165) is 11.3 Å². The molecule has 0 bridgehead atoms. The van der Waals surface area contributed by atoms with E-state index in [-0.39, 0.29) is 30.3 Å². The first-order chi connectivity index (χ1) is 9.97. The molecule has 1 aliphatic rings. The molecule has 0 aliphatic carbocycles. The second-order valence-corrected chi connectivity index (χ2v) is 7.62. The van der Waals surface area contributed by atoms with Crippen LogP contribution in [0.5, 0.6) is 0 Å². The van der Waals surface area contributed by atoms with Crippen LogP contribution < -0.4 is 0 Å². The number of hydrogen-bond acceptors (Lipinski definition) is 7. The van der Waals surface area contributed by atoms with Crippen LogP contribution in [0, 0.1) is 11.3 Å². The highest BCUT2D eigenvalue weighted by molar-refractivity contribution is 7.91. The average Bonchev–Trinajstić information content (AvgIpc) is 2.97. The molecule has 1 unspecified atom stereocenters. The van der Waals surface area contributed by atoms with Gasteiger partial charge in [-0.1, -0.05) is 0 Å². The van der Waals surface area contributed by atoms with Crippen molar-refractivity contribution < 1.29 is 22.7 Å². The minimum Gasteiger partial charge on any atom is -0.469 e. The highest BCUT2D eigenvalue weighted by Crippen LogP contribution is 2.26. The highest BCUT2D eigenvalue weighted by atomic mass is 32.2. The highest BCUT2D eigenvalue weighted by Gasteiger charge is 2.32. The third-order valence-electron chi connectivity index (χ3n) is 3.01. The average molecular weight is 330 g/mol. The van der Waals surface area contributed by atoms with E-state index in [9.17, 15) is 13.2 Å². The summed E-state index contributed by atoms with van der Waals surface area (Å²) in [5.41, 5.74) is 0. The summed E-state index contributed by atoms with van der Waals surface area (Å²) in [6, 6.07) is 4.81. The van der Waals surface area contributed by atoms with Gasteiger partial charge in [-0.3, -0.25) is 4.79 Å². The second-order valence-electron chi connectivity index (χ2n) is 4.37. The molecular weight excluding hydrogens is 316 g/mol. The van der Waals surface area contributed by atoms with Crippen molar-refractivity contribution in [3.05, 3.63) is 17.0 Å². The molecule has 1 atom stereocenters. The summed E-state index contributed by atoms with van der Waals surface area (Å²) >= 11 is 0.930. The molecule has 1 saturated heterocycles. The number of nitrogens with zero attached hydrogens (tertiary/aromatic N) is 2. The second kappa shape index (κ2) is 6.53. The molecule has 0 spiro atoms. The lowest BCUT2D eigenvalue weighted by atomic mass is 10.2. The van der Waals surface area contributed by atoms with Gasteiger partial charge in [0.1, 0.15) is 15.2 Å². The number of sulfonamides is 1. The maximum Gasteiger partial charge on any atom is 0.308 e. The van der Waals surface area contributed by atoms with Crippen LogP contribution in [-0.4, -0.2) is 51.6 Å². The molecule has 9 heteroatoms. The molecule has 1 fully saturated rings. The van der Waals surface area contributed by atoms with Crippen molar-refractivity contribution in [2.75, 3.05) is 26.8 Å². The summed E-state index contributed by atoms with van der Waals surface area (Å²) < 4.78 is 36.3. The molecule has 0 saturated carbocycles. The summed E-state index contributed by atoms with van der Waals surface area (Å²) in [7, 11) is -2.39. The molecule has 0 aromatic carbocycles. The van der Waals surface area contributed by atoms with Gasteiger partial charge in [0.2, 0.25) is 0 Å². The molecule has 1 aromatic rings. The first-order valence-electron chi connectivity index (χ1n) is 6.16. The van der Waals surface area contributed by atoms with Crippen molar-refractivity contribution in [3.8, 4) is 6.07 Å². The SMILES string of the molecule is COC(=O)CC1CN(S(=O)(=O)c2ccc(C#N)s2)CCO1. The number of nitriles is 1. The number of carbonyl (C=O) groups is 1. The maximum atomic E-state index is 12.5. The third kappa shape index (κ3) is 3.59. The van der Waals surface area contributed by atoms with Gasteiger partial charge < -0.3 is 9.47 Å². The van der Waals surface area contributed by atoms with E-state index in [1.165, 1.54) is 23.5 Å². The molecule has 114 valence electrons. The lowest BCUT2D eigenvalue weighted by molar-refractivity contribution is -0.145. The maximum absolute atomic E-state index is 12.5. The van der Waals surface area contributed by atoms with Crippen LogP contribution >= 0.6 is 11.3 Å². The predicted molar refractivity (Wildman–Crippen MR) is 74.2 cm³/mol. The van der Waals surface area contributed by atoms with Crippen molar-refractivity contribution >= 4 is 27.3 Å². The summed E-state index contributed by atoms with van der Waals surface area (Å²) in [5.74, 6) is -0.442. The Morgan fingerprint density at radius 2 is 2.38 bits per heavy atom. The van der Waals surface area contributed by atoms with E-state index in [0.29, 0.717) is 4.88 Å². The number of thiophene rings is 1. The lowest BCUT2D eigenvalue weighted by Crippen LogP contribution is -2.46. The van der Waals surface area contributed by atoms with Crippen molar-refractivity contribution in [1.82, 2.24) is 4.31 Å². The molecule has 7 nitrogen and oxygen atoms in total. The Bertz CT molecular complexity index is 661. The lowest BCUT2D eigenvalue weighted by Gasteiger charge is -2.31. The first kappa shape index (κ1) is 15.9. The number of esters is 1. The van der Waals surface area contributed by atoms with Crippen LogP contribution in [0.1, 0.15) is 11.3 Å². The van der Waals surface area contributed by atoms with Crippen LogP contribution in [0.25, 0.3) is 0 Å². The summed E-state index contributed by atoms with van der Waals surface area (Å²) in [4.78, 5) is 11.6. The van der Waals surface area contributed by atoms with Crippen LogP contribution in [0.4, 0.5) is 0 Å². The van der Waals surface area contributed by atoms with Gasteiger partial charge in [-0.05, 0) is 12.1 Å². The fraction of sp³-hybridized carbons (Fsp3) is 0.500.